The minimum Gasteiger partial charge on any atom is -0.352 e. The number of aromatic nitrogens is 1. The van der Waals surface area contributed by atoms with Crippen molar-refractivity contribution in [2.24, 2.45) is 0 Å². The topological polar surface area (TPSA) is 63.1 Å². The number of benzene rings is 2. The number of para-hydroxylation sites is 1. The molecule has 0 aliphatic carbocycles. The molecule has 0 radical (unpaired) electrons. The van der Waals surface area contributed by atoms with Crippen molar-refractivity contribution in [3.8, 4) is 5.69 Å². The molecule has 0 spiro atoms. The van der Waals surface area contributed by atoms with E-state index >= 15 is 0 Å². The summed E-state index contributed by atoms with van der Waals surface area (Å²) >= 11 is 0. The molecule has 2 N–H and O–H groups in total. The second-order valence-electron chi connectivity index (χ2n) is 6.75. The average Bonchev–Trinajstić information content (AvgIpc) is 3.01. The highest BCUT2D eigenvalue weighted by molar-refractivity contribution is 6.06. The van der Waals surface area contributed by atoms with Crippen LogP contribution in [0.2, 0.25) is 0 Å². The van der Waals surface area contributed by atoms with Crippen LogP contribution in [0.3, 0.4) is 0 Å². The van der Waals surface area contributed by atoms with Crippen molar-refractivity contribution in [3.05, 3.63) is 83.2 Å². The number of amides is 2. The molecule has 2 aromatic carbocycles. The van der Waals surface area contributed by atoms with Gasteiger partial charge in [0.15, 0.2) is 0 Å². The molecule has 0 aliphatic heterocycles. The highest BCUT2D eigenvalue weighted by Gasteiger charge is 2.17. The van der Waals surface area contributed by atoms with Crippen LogP contribution in [0.15, 0.2) is 60.7 Å². The number of hydrogen-bond acceptors (Lipinski definition) is 2. The molecule has 1 aromatic heterocycles. The molecule has 0 saturated carbocycles. The molecule has 5 heteroatoms. The van der Waals surface area contributed by atoms with Gasteiger partial charge in [-0.15, -0.1) is 0 Å². The van der Waals surface area contributed by atoms with Gasteiger partial charge in [0.25, 0.3) is 11.8 Å². The molecule has 1 heterocycles. The number of aryl methyl sites for hydroxylation is 1. The zero-order chi connectivity index (χ0) is 20.1. The second kappa shape index (κ2) is 8.57. The Labute approximate surface area is 165 Å². The highest BCUT2D eigenvalue weighted by atomic mass is 16.2. The lowest BCUT2D eigenvalue weighted by atomic mass is 10.1. The molecule has 0 bridgehead atoms. The second-order valence-corrected chi connectivity index (χ2v) is 6.75. The minimum atomic E-state index is -0.193. The van der Waals surface area contributed by atoms with Gasteiger partial charge in [-0.25, -0.2) is 0 Å². The maximum atomic E-state index is 12.9. The van der Waals surface area contributed by atoms with Crippen molar-refractivity contribution >= 4 is 17.5 Å². The molecule has 0 saturated heterocycles. The standard InChI is InChI=1S/C23H25N3O2/c1-4-13-24-22(27)18-9-8-10-19(15-18)25-23(28)21-14-16(2)26(17(21)3)20-11-6-5-7-12-20/h5-12,14-15H,4,13H2,1-3H3,(H,24,27)(H,25,28). The quantitative estimate of drug-likeness (QED) is 0.667. The number of carbonyl (C=O) groups excluding carboxylic acids is 2. The van der Waals surface area contributed by atoms with E-state index in [9.17, 15) is 9.59 Å². The third-order valence-electron chi connectivity index (χ3n) is 4.61. The normalized spacial score (nSPS) is 10.5. The van der Waals surface area contributed by atoms with Gasteiger partial charge in [0.2, 0.25) is 0 Å². The van der Waals surface area contributed by atoms with Crippen molar-refractivity contribution in [1.29, 1.82) is 0 Å². The molecule has 0 aliphatic rings. The Hall–Kier alpha value is -3.34. The third kappa shape index (κ3) is 4.14. The van der Waals surface area contributed by atoms with E-state index in [1.807, 2.05) is 57.2 Å². The van der Waals surface area contributed by atoms with Gasteiger partial charge in [0.05, 0.1) is 5.56 Å². The lowest BCUT2D eigenvalue weighted by Crippen LogP contribution is -2.24. The Morgan fingerprint density at radius 3 is 2.39 bits per heavy atom. The molecule has 0 atom stereocenters. The highest BCUT2D eigenvalue weighted by Crippen LogP contribution is 2.22. The molecule has 0 fully saturated rings. The molecule has 2 amide bonds. The monoisotopic (exact) mass is 375 g/mol. The Morgan fingerprint density at radius 2 is 1.68 bits per heavy atom. The number of anilines is 1. The van der Waals surface area contributed by atoms with Crippen LogP contribution in [0.1, 0.15) is 45.4 Å². The van der Waals surface area contributed by atoms with Crippen LogP contribution in [0, 0.1) is 13.8 Å². The van der Waals surface area contributed by atoms with Crippen molar-refractivity contribution < 1.29 is 9.59 Å². The summed E-state index contributed by atoms with van der Waals surface area (Å²) < 4.78 is 2.06. The van der Waals surface area contributed by atoms with Gasteiger partial charge in [-0.3, -0.25) is 9.59 Å². The average molecular weight is 375 g/mol. The first kappa shape index (κ1) is 19.4. The summed E-state index contributed by atoms with van der Waals surface area (Å²) in [6.45, 7) is 6.54. The van der Waals surface area contributed by atoms with Crippen molar-refractivity contribution in [2.75, 3.05) is 11.9 Å². The lowest BCUT2D eigenvalue weighted by Gasteiger charge is -2.10. The Kier molecular flexibility index (Phi) is 5.94. The van der Waals surface area contributed by atoms with Gasteiger partial charge in [-0.1, -0.05) is 31.2 Å². The van der Waals surface area contributed by atoms with Crippen LogP contribution in [0.25, 0.3) is 5.69 Å². The zero-order valence-corrected chi connectivity index (χ0v) is 16.5. The fraction of sp³-hybridized carbons (Fsp3) is 0.217. The van der Waals surface area contributed by atoms with E-state index in [0.29, 0.717) is 23.4 Å². The Morgan fingerprint density at radius 1 is 0.929 bits per heavy atom. The third-order valence-corrected chi connectivity index (χ3v) is 4.61. The summed E-state index contributed by atoms with van der Waals surface area (Å²) in [5, 5.41) is 5.75. The fourth-order valence-corrected chi connectivity index (χ4v) is 3.24. The molecule has 5 nitrogen and oxygen atoms in total. The molecule has 144 valence electrons. The van der Waals surface area contributed by atoms with Gasteiger partial charge < -0.3 is 15.2 Å². The van der Waals surface area contributed by atoms with Crippen LogP contribution in [-0.2, 0) is 0 Å². The summed E-state index contributed by atoms with van der Waals surface area (Å²) in [6, 6.07) is 18.8. The largest absolute Gasteiger partial charge is 0.352 e. The molecule has 3 rings (SSSR count). The van der Waals surface area contributed by atoms with E-state index < -0.39 is 0 Å². The number of nitrogens with zero attached hydrogens (tertiary/aromatic N) is 1. The van der Waals surface area contributed by atoms with Gasteiger partial charge in [-0.2, -0.15) is 0 Å². The molecule has 3 aromatic rings. The summed E-state index contributed by atoms with van der Waals surface area (Å²) in [5.41, 5.74) is 4.62. The zero-order valence-electron chi connectivity index (χ0n) is 16.5. The maximum Gasteiger partial charge on any atom is 0.257 e. The SMILES string of the molecule is CCCNC(=O)c1cccc(NC(=O)c2cc(C)n(-c3ccccc3)c2C)c1. The van der Waals surface area contributed by atoms with Crippen LogP contribution >= 0.6 is 0 Å². The number of hydrogen-bond donors (Lipinski definition) is 2. The number of carbonyl (C=O) groups is 2. The van der Waals surface area contributed by atoms with E-state index in [4.69, 9.17) is 0 Å². The fourth-order valence-electron chi connectivity index (χ4n) is 3.24. The maximum absolute atomic E-state index is 12.9. The lowest BCUT2D eigenvalue weighted by molar-refractivity contribution is 0.0952. The number of rotatable bonds is 6. The van der Waals surface area contributed by atoms with Gasteiger partial charge in [0.1, 0.15) is 0 Å². The van der Waals surface area contributed by atoms with E-state index in [2.05, 4.69) is 15.2 Å². The van der Waals surface area contributed by atoms with Crippen molar-refractivity contribution in [2.45, 2.75) is 27.2 Å². The smallest absolute Gasteiger partial charge is 0.257 e. The van der Waals surface area contributed by atoms with Crippen LogP contribution in [-0.4, -0.2) is 22.9 Å². The summed E-state index contributed by atoms with van der Waals surface area (Å²) in [7, 11) is 0. The van der Waals surface area contributed by atoms with Gasteiger partial charge in [0, 0.05) is 34.9 Å². The molecular formula is C23H25N3O2. The minimum absolute atomic E-state index is 0.139. The summed E-state index contributed by atoms with van der Waals surface area (Å²) in [6.07, 6.45) is 0.874. The first-order valence-corrected chi connectivity index (χ1v) is 9.45. The van der Waals surface area contributed by atoms with E-state index in [-0.39, 0.29) is 11.8 Å². The first-order valence-electron chi connectivity index (χ1n) is 9.45. The van der Waals surface area contributed by atoms with E-state index in [0.717, 1.165) is 23.5 Å². The summed E-state index contributed by atoms with van der Waals surface area (Å²) in [5.74, 6) is -0.332. The van der Waals surface area contributed by atoms with Gasteiger partial charge >= 0.3 is 0 Å². The van der Waals surface area contributed by atoms with E-state index in [1.54, 1.807) is 24.3 Å². The van der Waals surface area contributed by atoms with Crippen molar-refractivity contribution in [3.63, 3.8) is 0 Å². The predicted molar refractivity (Wildman–Crippen MR) is 112 cm³/mol. The van der Waals surface area contributed by atoms with E-state index in [1.165, 1.54) is 0 Å². The summed E-state index contributed by atoms with van der Waals surface area (Å²) in [4.78, 5) is 25.0. The van der Waals surface area contributed by atoms with Crippen LogP contribution in [0.4, 0.5) is 5.69 Å². The Balaban J connectivity index is 1.82. The molecule has 28 heavy (non-hydrogen) atoms. The van der Waals surface area contributed by atoms with Crippen LogP contribution < -0.4 is 10.6 Å². The van der Waals surface area contributed by atoms with Crippen molar-refractivity contribution in [1.82, 2.24) is 9.88 Å². The first-order chi connectivity index (χ1) is 13.5. The number of nitrogens with one attached hydrogen (secondary N) is 2. The molecule has 0 unspecified atom stereocenters. The van der Waals surface area contributed by atoms with Gasteiger partial charge in [-0.05, 0) is 56.7 Å². The predicted octanol–water partition coefficient (Wildman–Crippen LogP) is 4.49. The van der Waals surface area contributed by atoms with Crippen LogP contribution in [0.5, 0.6) is 0 Å². The Bertz CT molecular complexity index is 990. The molecular weight excluding hydrogens is 350 g/mol.